The molecule has 13 heterocycles. The lowest BCUT2D eigenvalue weighted by atomic mass is 10.1. The van der Waals surface area contributed by atoms with E-state index in [1.165, 1.54) is 115 Å². The first kappa shape index (κ1) is 108. The first-order valence-corrected chi connectivity index (χ1v) is 44.8. The zero-order chi connectivity index (χ0) is 92.1. The molecule has 39 nitrogen and oxygen atoms in total. The molecule has 1 saturated carbocycles. The van der Waals surface area contributed by atoms with E-state index >= 15 is 0 Å². The number of methoxy groups -OCH3 is 1. The van der Waals surface area contributed by atoms with E-state index in [0.29, 0.717) is 151 Å². The van der Waals surface area contributed by atoms with E-state index in [2.05, 4.69) is 175 Å². The van der Waals surface area contributed by atoms with Crippen LogP contribution in [0.1, 0.15) is 91.9 Å². The number of piperazine rings is 2. The van der Waals surface area contributed by atoms with Crippen LogP contribution in [0.25, 0.3) is 0 Å². The Morgan fingerprint density at radius 1 is 0.392 bits per heavy atom. The molecule has 14 rings (SSSR count). The smallest absolute Gasteiger partial charge is 0.218 e. The summed E-state index contributed by atoms with van der Waals surface area (Å²) in [5.41, 5.74) is 1.10. The molecule has 1 N–H and O–H groups in total. The van der Waals surface area contributed by atoms with Gasteiger partial charge in [-0.25, -0.2) is 89.7 Å². The maximum absolute atomic E-state index is 5.54. The third-order valence-electron chi connectivity index (χ3n) is 19.0. The van der Waals surface area contributed by atoms with Crippen LogP contribution < -0.4 is 47.9 Å². The second-order valence-electron chi connectivity index (χ2n) is 30.0. The summed E-state index contributed by atoms with van der Waals surface area (Å²) in [4.78, 5) is 81.9. The van der Waals surface area contributed by atoms with Crippen LogP contribution in [0.3, 0.4) is 0 Å². The highest BCUT2D eigenvalue weighted by Gasteiger charge is 2.24. The average Bonchev–Trinajstić information content (AvgIpc) is 1.75. The standard InChI is InChI=1S/C12H20N4O.C11H18N4O.C11H18N2O3.C10H13N3O.C10H17N3O.C10H14N2O.C9H14N2O3.C9H12N2O2.C9H14N2O2/c1-15-6-8-16(9-7-15)5-2-10-17-12-3-4-13-11-14-12;1-14-4-6-15(7-5-14)8-9-16-11-2-3-12-10-13-11;1-2-5-14-6-7-15-8-9-16-11-3-4-12-10-13-11;1-8-4-9(5-12-8)6-14-10-2-3-11-7-13-10;1-3-6-13(2)7-8-14-10-4-5-11-9-12-10;1-2-4-9(3-1)7-13-10-5-6-11-8-12-10;1-12-4-5-13-6-7-14-9-2-3-10-8-11-9;1-7-4-9(12-5-7)13-8-2-3-10-6-11-8;1-2-5-12-6-7-13-9-3-4-10-8-11-9/h3-4,11H,2,5-10H2,1H3;2-3,10H,4-9H2,1H3;3-4,10H,2,5-9H2,1H3;2-3,7,9,12H,1,4-6H2;4-5,9H,3,6-8H2,1-2H3;5-6,8-9H,1-4,7H2;2-3,8H,4-7H2,1H3;2-3,6-7,9H,4-5H2,1H3;3-4,8H,2,5-7H2,1H3/t;;;;;;;7-,9?;/m.......0./s1. The zero-order valence-corrected chi connectivity index (χ0v) is 77.5. The molecule has 0 amide bonds. The van der Waals surface area contributed by atoms with Gasteiger partial charge in [-0.1, -0.05) is 47.1 Å². The predicted molar refractivity (Wildman–Crippen MR) is 490 cm³/mol. The molecule has 4 aliphatic heterocycles. The highest BCUT2D eigenvalue weighted by molar-refractivity contribution is 5.10. The molecule has 9 aromatic heterocycles. The average molecular weight is 1810 g/mol. The molecule has 714 valence electrons. The Balaban J connectivity index is 0.000000226. The van der Waals surface area contributed by atoms with Gasteiger partial charge in [0.25, 0.3) is 0 Å². The van der Waals surface area contributed by atoms with Gasteiger partial charge in [-0.15, -0.1) is 0 Å². The Morgan fingerprint density at radius 2 is 0.738 bits per heavy atom. The van der Waals surface area contributed by atoms with Crippen LogP contribution in [-0.4, -0.2) is 353 Å². The van der Waals surface area contributed by atoms with Crippen molar-refractivity contribution in [2.75, 3.05) is 232 Å². The highest BCUT2D eigenvalue weighted by Crippen LogP contribution is 2.26. The van der Waals surface area contributed by atoms with Crippen molar-refractivity contribution >= 4 is 0 Å². The van der Waals surface area contributed by atoms with E-state index in [9.17, 15) is 0 Å². The van der Waals surface area contributed by atoms with Crippen LogP contribution in [0.2, 0.25) is 0 Å². The van der Waals surface area contributed by atoms with Gasteiger partial charge in [0.15, 0.2) is 0 Å². The van der Waals surface area contributed by atoms with E-state index in [1.54, 1.807) is 117 Å². The van der Waals surface area contributed by atoms with Crippen molar-refractivity contribution in [3.8, 4) is 52.9 Å². The van der Waals surface area contributed by atoms with Crippen LogP contribution in [0.4, 0.5) is 0 Å². The highest BCUT2D eigenvalue weighted by atomic mass is 16.7. The van der Waals surface area contributed by atoms with Gasteiger partial charge in [0.2, 0.25) is 59.2 Å². The maximum atomic E-state index is 5.54. The minimum absolute atomic E-state index is 0.134. The van der Waals surface area contributed by atoms with Crippen molar-refractivity contribution in [3.05, 3.63) is 180 Å². The molecule has 4 saturated heterocycles. The number of aromatic nitrogens is 18. The molecule has 5 aliphatic rings. The van der Waals surface area contributed by atoms with Crippen molar-refractivity contribution in [2.24, 2.45) is 17.8 Å². The van der Waals surface area contributed by atoms with Gasteiger partial charge in [-0.05, 0) is 84.5 Å². The molecule has 5 fully saturated rings. The number of ether oxygens (including phenoxy) is 15. The van der Waals surface area contributed by atoms with Crippen LogP contribution in [-0.2, 0) is 28.4 Å². The van der Waals surface area contributed by atoms with E-state index in [4.69, 9.17) is 71.1 Å². The number of allylic oxidation sites excluding steroid dienone is 1. The lowest BCUT2D eigenvalue weighted by Gasteiger charge is -2.32. The van der Waals surface area contributed by atoms with Gasteiger partial charge in [0.05, 0.1) is 72.7 Å². The molecule has 0 radical (unpaired) electrons. The van der Waals surface area contributed by atoms with Crippen molar-refractivity contribution in [1.82, 2.24) is 120 Å². The monoisotopic (exact) mass is 1810 g/mol. The molecule has 9 aromatic rings. The minimum Gasteiger partial charge on any atom is -0.478 e. The Hall–Kier alpha value is -11.0. The van der Waals surface area contributed by atoms with E-state index in [-0.39, 0.29) is 6.29 Å². The fraction of sp³-hybridized carbons (Fsp3) is 0.582. The molecule has 0 bridgehead atoms. The summed E-state index contributed by atoms with van der Waals surface area (Å²) in [5.74, 6) is 7.44. The van der Waals surface area contributed by atoms with Crippen molar-refractivity contribution in [2.45, 2.75) is 98.2 Å². The van der Waals surface area contributed by atoms with Crippen LogP contribution in [0, 0.1) is 17.8 Å². The molecule has 0 aromatic carbocycles. The number of rotatable bonds is 45. The van der Waals surface area contributed by atoms with Gasteiger partial charge in [-0.3, -0.25) is 4.90 Å². The summed E-state index contributed by atoms with van der Waals surface area (Å²) in [6.07, 6.45) is 39.8. The van der Waals surface area contributed by atoms with Crippen LogP contribution >= 0.6 is 0 Å². The number of nitrogens with zero attached hydrogens (tertiary/aromatic N) is 23. The summed E-state index contributed by atoms with van der Waals surface area (Å²) >= 11 is 0. The summed E-state index contributed by atoms with van der Waals surface area (Å²) in [6.45, 7) is 38.2. The number of likely N-dealkylation sites (N-methyl/N-ethyl adjacent to an activating group) is 3. The largest absolute Gasteiger partial charge is 0.478 e. The Labute approximate surface area is 767 Å². The Morgan fingerprint density at radius 3 is 1.09 bits per heavy atom. The third kappa shape index (κ3) is 56.5. The Kier molecular flexibility index (Phi) is 61.2. The van der Waals surface area contributed by atoms with Crippen molar-refractivity contribution in [1.29, 1.82) is 0 Å². The number of hydrogen-bond donors (Lipinski definition) is 1. The molecular weight excluding hydrogens is 1670 g/mol. The normalized spacial score (nSPS) is 15.9. The second kappa shape index (κ2) is 73.8. The van der Waals surface area contributed by atoms with Crippen molar-refractivity contribution < 1.29 is 71.1 Å². The second-order valence-corrected chi connectivity index (χ2v) is 30.0. The van der Waals surface area contributed by atoms with Gasteiger partial charge < -0.3 is 96.0 Å². The van der Waals surface area contributed by atoms with Crippen molar-refractivity contribution in [3.63, 3.8) is 0 Å². The van der Waals surface area contributed by atoms with E-state index in [1.807, 2.05) is 0 Å². The fourth-order valence-corrected chi connectivity index (χ4v) is 12.0. The lowest BCUT2D eigenvalue weighted by molar-refractivity contribution is -0.0420. The molecule has 0 spiro atoms. The summed E-state index contributed by atoms with van der Waals surface area (Å²) in [6, 6.07) is 15.8. The first-order chi connectivity index (χ1) is 63.9. The summed E-state index contributed by atoms with van der Waals surface area (Å²) in [7, 11) is 8.07. The topological polar surface area (TPSA) is 399 Å². The van der Waals surface area contributed by atoms with E-state index < -0.39 is 0 Å². The van der Waals surface area contributed by atoms with E-state index in [0.717, 1.165) is 136 Å². The van der Waals surface area contributed by atoms with Gasteiger partial charge >= 0.3 is 0 Å². The first-order valence-electron chi connectivity index (χ1n) is 44.8. The number of hydrogen-bond acceptors (Lipinski definition) is 39. The summed E-state index contributed by atoms with van der Waals surface area (Å²) in [5, 5.41) is 3.20. The molecule has 130 heavy (non-hydrogen) atoms. The third-order valence-corrected chi connectivity index (χ3v) is 19.0. The maximum Gasteiger partial charge on any atom is 0.218 e. The fourth-order valence-electron chi connectivity index (χ4n) is 12.0. The Bertz CT molecular complexity index is 4020. The van der Waals surface area contributed by atoms with Gasteiger partial charge in [0.1, 0.15) is 90.0 Å². The lowest BCUT2D eigenvalue weighted by Crippen LogP contribution is -2.45. The molecule has 1 aliphatic carbocycles. The predicted octanol–water partition coefficient (Wildman–Crippen LogP) is 9.15. The minimum atomic E-state index is -0.134. The molecule has 3 atom stereocenters. The SMILES string of the molecule is C=C1CC(COc2ccncn2)CN1.CCCN(C)CCOc1ccncn1.CCCOCCOCCOc1ccncn1.CCCOCCOc1ccncn1.CN1CCN(CCCOc2ccncn2)CC1.CN1CCN(CCOc2ccncn2)CC1.COCCOCCOc1ccncn1.C[C@@H]1COC(Oc2ccncn2)C1.c1cc(OCC2CCCC2)ncn1. The van der Waals surface area contributed by atoms with Gasteiger partial charge in [-0.2, -0.15) is 0 Å². The molecule has 39 heteroatoms. The quantitative estimate of drug-likeness (QED) is 0.0347. The summed E-state index contributed by atoms with van der Waals surface area (Å²) < 4.78 is 80.1. The molecule has 2 unspecified atom stereocenters. The van der Waals surface area contributed by atoms with Crippen LogP contribution in [0.5, 0.6) is 52.9 Å². The number of nitrogens with one attached hydrogen (secondary N) is 1. The van der Waals surface area contributed by atoms with Crippen LogP contribution in [0.15, 0.2) is 180 Å². The zero-order valence-electron chi connectivity index (χ0n) is 77.5. The van der Waals surface area contributed by atoms with Gasteiger partial charge in [0, 0.05) is 227 Å². The molecular formula is C91H140N24O15.